The third-order valence-corrected chi connectivity index (χ3v) is 8.37. The van der Waals surface area contributed by atoms with Crippen molar-refractivity contribution >= 4 is 26.7 Å². The molecule has 2 aromatic rings. The lowest BCUT2D eigenvalue weighted by molar-refractivity contribution is 0.383. The van der Waals surface area contributed by atoms with Crippen molar-refractivity contribution < 1.29 is 8.42 Å². The van der Waals surface area contributed by atoms with E-state index in [1.54, 1.807) is 4.31 Å². The number of benzene rings is 1. The number of rotatable bonds is 11. The third-order valence-electron chi connectivity index (χ3n) is 5.60. The Morgan fingerprint density at radius 1 is 0.967 bits per heavy atom. The standard InChI is InChI=1S/C22H34N4O2S2/c1-3-4-5-6-7-8-17-30(27,28)26-15-13-25(14-16-26)22-23-21(24-29-22)18-20-11-9-19(2)10-12-20/h9-12H,3-8,13-18H2,1-2H3. The average molecular weight is 451 g/mol. The van der Waals surface area contributed by atoms with Gasteiger partial charge in [0.15, 0.2) is 0 Å². The minimum absolute atomic E-state index is 0.276. The highest BCUT2D eigenvalue weighted by Crippen LogP contribution is 2.22. The van der Waals surface area contributed by atoms with Gasteiger partial charge in [-0.1, -0.05) is 68.9 Å². The smallest absolute Gasteiger partial charge is 0.214 e. The minimum Gasteiger partial charge on any atom is -0.344 e. The number of unbranched alkanes of at least 4 members (excludes halogenated alkanes) is 5. The Kier molecular flexibility index (Phi) is 8.65. The molecule has 0 saturated carbocycles. The summed E-state index contributed by atoms with van der Waals surface area (Å²) >= 11 is 1.41. The van der Waals surface area contributed by atoms with Crippen LogP contribution in [-0.2, 0) is 16.4 Å². The Morgan fingerprint density at radius 2 is 1.63 bits per heavy atom. The van der Waals surface area contributed by atoms with E-state index in [4.69, 9.17) is 0 Å². The van der Waals surface area contributed by atoms with E-state index >= 15 is 0 Å². The summed E-state index contributed by atoms with van der Waals surface area (Å²) in [6.07, 6.45) is 7.31. The van der Waals surface area contributed by atoms with Crippen LogP contribution in [0, 0.1) is 6.92 Å². The predicted molar refractivity (Wildman–Crippen MR) is 125 cm³/mol. The van der Waals surface area contributed by atoms with Crippen molar-refractivity contribution in [3.63, 3.8) is 0 Å². The molecule has 30 heavy (non-hydrogen) atoms. The molecule has 0 aliphatic carbocycles. The maximum absolute atomic E-state index is 12.6. The highest BCUT2D eigenvalue weighted by Gasteiger charge is 2.27. The molecule has 1 aliphatic heterocycles. The van der Waals surface area contributed by atoms with Crippen LogP contribution in [0.4, 0.5) is 5.13 Å². The second kappa shape index (κ2) is 11.2. The van der Waals surface area contributed by atoms with Crippen LogP contribution in [-0.4, -0.2) is 54.0 Å². The molecule has 0 amide bonds. The molecular formula is C22H34N4O2S2. The summed E-state index contributed by atoms with van der Waals surface area (Å²) in [6, 6.07) is 8.44. The van der Waals surface area contributed by atoms with Crippen molar-refractivity contribution in [2.75, 3.05) is 36.8 Å². The second-order valence-electron chi connectivity index (χ2n) is 8.13. The molecular weight excluding hydrogens is 416 g/mol. The van der Waals surface area contributed by atoms with Gasteiger partial charge < -0.3 is 4.90 Å². The van der Waals surface area contributed by atoms with Crippen LogP contribution in [0.3, 0.4) is 0 Å². The van der Waals surface area contributed by atoms with Gasteiger partial charge in [-0.2, -0.15) is 8.68 Å². The van der Waals surface area contributed by atoms with Crippen molar-refractivity contribution in [3.8, 4) is 0 Å². The van der Waals surface area contributed by atoms with Gasteiger partial charge in [-0.15, -0.1) is 0 Å². The zero-order valence-electron chi connectivity index (χ0n) is 18.2. The van der Waals surface area contributed by atoms with E-state index in [-0.39, 0.29) is 5.75 Å². The van der Waals surface area contributed by atoms with Crippen LogP contribution >= 0.6 is 11.5 Å². The highest BCUT2D eigenvalue weighted by molar-refractivity contribution is 7.89. The number of hydrogen-bond donors (Lipinski definition) is 0. The van der Waals surface area contributed by atoms with Crippen LogP contribution in [0.1, 0.15) is 62.4 Å². The minimum atomic E-state index is -3.15. The van der Waals surface area contributed by atoms with Gasteiger partial charge in [0, 0.05) is 44.1 Å². The van der Waals surface area contributed by atoms with Crippen molar-refractivity contribution in [2.24, 2.45) is 0 Å². The lowest BCUT2D eigenvalue weighted by atomic mass is 10.1. The van der Waals surface area contributed by atoms with Gasteiger partial charge in [0.1, 0.15) is 5.82 Å². The Balaban J connectivity index is 1.45. The molecule has 0 atom stereocenters. The average Bonchev–Trinajstić information content (AvgIpc) is 3.21. The number of hydrogen-bond acceptors (Lipinski definition) is 6. The molecule has 0 radical (unpaired) electrons. The Morgan fingerprint density at radius 3 is 2.33 bits per heavy atom. The van der Waals surface area contributed by atoms with Crippen LogP contribution in [0.2, 0.25) is 0 Å². The molecule has 8 heteroatoms. The van der Waals surface area contributed by atoms with Gasteiger partial charge in [-0.3, -0.25) is 0 Å². The number of sulfonamides is 1. The Hall–Kier alpha value is -1.51. The van der Waals surface area contributed by atoms with E-state index < -0.39 is 10.0 Å². The van der Waals surface area contributed by atoms with Crippen LogP contribution in [0.25, 0.3) is 0 Å². The number of aryl methyl sites for hydroxylation is 1. The number of piperazine rings is 1. The van der Waals surface area contributed by atoms with Gasteiger partial charge in [0.05, 0.1) is 5.75 Å². The topological polar surface area (TPSA) is 66.4 Å². The van der Waals surface area contributed by atoms with Crippen molar-refractivity contribution in [1.82, 2.24) is 13.7 Å². The molecule has 1 fully saturated rings. The summed E-state index contributed by atoms with van der Waals surface area (Å²) in [5, 5.41) is 0.894. The summed E-state index contributed by atoms with van der Waals surface area (Å²) in [6.45, 7) is 6.69. The lowest BCUT2D eigenvalue weighted by Gasteiger charge is -2.33. The quantitative estimate of drug-likeness (QED) is 0.479. The predicted octanol–water partition coefficient (Wildman–Crippen LogP) is 4.25. The van der Waals surface area contributed by atoms with Crippen LogP contribution in [0.5, 0.6) is 0 Å². The lowest BCUT2D eigenvalue weighted by Crippen LogP contribution is -2.49. The molecule has 1 aromatic heterocycles. The molecule has 0 bridgehead atoms. The molecule has 6 nitrogen and oxygen atoms in total. The second-order valence-corrected chi connectivity index (χ2v) is 10.9. The van der Waals surface area contributed by atoms with Gasteiger partial charge in [-0.25, -0.2) is 13.4 Å². The summed E-state index contributed by atoms with van der Waals surface area (Å²) in [7, 11) is -3.15. The SMILES string of the molecule is CCCCCCCCS(=O)(=O)N1CCN(c2nc(Cc3ccc(C)cc3)ns2)CC1. The molecule has 3 rings (SSSR count). The zero-order chi connectivity index (χ0) is 21.4. The van der Waals surface area contributed by atoms with Gasteiger partial charge in [0.2, 0.25) is 15.2 Å². The fourth-order valence-corrected chi connectivity index (χ4v) is 5.97. The fourth-order valence-electron chi connectivity index (χ4n) is 3.68. The summed E-state index contributed by atoms with van der Waals surface area (Å²) in [4.78, 5) is 6.85. The molecule has 1 saturated heterocycles. The molecule has 1 aliphatic rings. The zero-order valence-corrected chi connectivity index (χ0v) is 19.8. The molecule has 0 unspecified atom stereocenters. The first-order valence-corrected chi connectivity index (χ1v) is 13.5. The molecule has 0 spiro atoms. The van der Waals surface area contributed by atoms with E-state index in [9.17, 15) is 8.42 Å². The van der Waals surface area contributed by atoms with E-state index in [1.165, 1.54) is 41.9 Å². The van der Waals surface area contributed by atoms with Gasteiger partial charge in [-0.05, 0) is 18.9 Å². The highest BCUT2D eigenvalue weighted by atomic mass is 32.2. The van der Waals surface area contributed by atoms with E-state index in [0.717, 1.165) is 36.6 Å². The van der Waals surface area contributed by atoms with Crippen LogP contribution < -0.4 is 4.90 Å². The van der Waals surface area contributed by atoms with Crippen molar-refractivity contribution in [1.29, 1.82) is 0 Å². The largest absolute Gasteiger partial charge is 0.344 e. The molecule has 166 valence electrons. The van der Waals surface area contributed by atoms with E-state index in [1.807, 2.05) is 0 Å². The first-order chi connectivity index (χ1) is 14.5. The fraction of sp³-hybridized carbons (Fsp3) is 0.636. The Labute approximate surface area is 185 Å². The number of nitrogens with zero attached hydrogens (tertiary/aromatic N) is 4. The number of aromatic nitrogens is 2. The Bertz CT molecular complexity index is 873. The number of anilines is 1. The van der Waals surface area contributed by atoms with Gasteiger partial charge in [0.25, 0.3) is 0 Å². The normalized spacial score (nSPS) is 15.6. The van der Waals surface area contributed by atoms with E-state index in [2.05, 4.69) is 52.4 Å². The summed E-state index contributed by atoms with van der Waals surface area (Å²) in [5.74, 6) is 1.11. The first-order valence-electron chi connectivity index (χ1n) is 11.1. The third kappa shape index (κ3) is 6.75. The maximum atomic E-state index is 12.6. The maximum Gasteiger partial charge on any atom is 0.214 e. The van der Waals surface area contributed by atoms with Crippen molar-refractivity contribution in [2.45, 2.75) is 58.8 Å². The molecule has 0 N–H and O–H groups in total. The molecule has 2 heterocycles. The van der Waals surface area contributed by atoms with Crippen LogP contribution in [0.15, 0.2) is 24.3 Å². The summed E-state index contributed by atoms with van der Waals surface area (Å²) in [5.41, 5.74) is 2.45. The van der Waals surface area contributed by atoms with E-state index in [0.29, 0.717) is 26.2 Å². The van der Waals surface area contributed by atoms with Gasteiger partial charge >= 0.3 is 0 Å². The monoisotopic (exact) mass is 450 g/mol. The first kappa shape index (κ1) is 23.2. The van der Waals surface area contributed by atoms with Crippen molar-refractivity contribution in [3.05, 3.63) is 41.2 Å². The summed E-state index contributed by atoms with van der Waals surface area (Å²) < 4.78 is 31.4. The molecule has 1 aromatic carbocycles.